The highest BCUT2D eigenvalue weighted by atomic mass is 19.1. The molecule has 0 spiro atoms. The van der Waals surface area contributed by atoms with Gasteiger partial charge in [0.05, 0.1) is 11.2 Å². The molecule has 2 nitrogen and oxygen atoms in total. The van der Waals surface area contributed by atoms with Gasteiger partial charge in [0, 0.05) is 6.54 Å². The largest absolute Gasteiger partial charge is 0.376 e. The third-order valence-electron chi connectivity index (χ3n) is 4.52. The summed E-state index contributed by atoms with van der Waals surface area (Å²) in [5, 5.41) is 3.44. The van der Waals surface area contributed by atoms with Crippen molar-refractivity contribution in [1.29, 1.82) is 0 Å². The Morgan fingerprint density at radius 1 is 1.37 bits per heavy atom. The second-order valence-electron chi connectivity index (χ2n) is 6.06. The van der Waals surface area contributed by atoms with Crippen LogP contribution in [0, 0.1) is 17.7 Å². The number of halogens is 1. The summed E-state index contributed by atoms with van der Waals surface area (Å²) in [6, 6.07) is 6.89. The number of benzene rings is 1. The molecule has 0 aromatic heterocycles. The molecule has 0 heterocycles. The Labute approximate surface area is 115 Å². The van der Waals surface area contributed by atoms with E-state index in [1.165, 1.54) is 25.3 Å². The van der Waals surface area contributed by atoms with Crippen LogP contribution in [0.4, 0.5) is 10.1 Å². The molecule has 3 N–H and O–H groups in total. The highest BCUT2D eigenvalue weighted by molar-refractivity contribution is 5.47. The Kier molecular flexibility index (Phi) is 4.46. The van der Waals surface area contributed by atoms with E-state index in [9.17, 15) is 4.39 Å². The molecule has 1 saturated carbocycles. The molecule has 106 valence electrons. The molecule has 0 bridgehead atoms. The molecule has 2 unspecified atom stereocenters. The Morgan fingerprint density at radius 3 is 2.74 bits per heavy atom. The smallest absolute Gasteiger partial charge is 0.146 e. The number of hydrogen-bond donors (Lipinski definition) is 2. The summed E-state index contributed by atoms with van der Waals surface area (Å²) in [4.78, 5) is 0. The molecule has 1 aromatic carbocycles. The van der Waals surface area contributed by atoms with E-state index in [4.69, 9.17) is 5.73 Å². The van der Waals surface area contributed by atoms with Crippen LogP contribution in [0.3, 0.4) is 0 Å². The quantitative estimate of drug-likeness (QED) is 0.868. The molecular formula is C16H25FN2. The van der Waals surface area contributed by atoms with E-state index in [1.807, 2.05) is 6.07 Å². The van der Waals surface area contributed by atoms with Crippen LogP contribution in [0.2, 0.25) is 0 Å². The molecule has 0 aliphatic heterocycles. The van der Waals surface area contributed by atoms with Gasteiger partial charge in [-0.3, -0.25) is 0 Å². The monoisotopic (exact) mass is 264 g/mol. The molecule has 1 aliphatic carbocycles. The summed E-state index contributed by atoms with van der Waals surface area (Å²) in [5.74, 6) is 0.873. The van der Waals surface area contributed by atoms with Gasteiger partial charge in [-0.2, -0.15) is 0 Å². The third-order valence-corrected chi connectivity index (χ3v) is 4.52. The first-order valence-corrected chi connectivity index (χ1v) is 7.32. The van der Waals surface area contributed by atoms with E-state index < -0.39 is 0 Å². The molecule has 0 amide bonds. The molecule has 3 heteroatoms. The Bertz CT molecular complexity index is 419. The first-order chi connectivity index (χ1) is 9.09. The van der Waals surface area contributed by atoms with Crippen molar-refractivity contribution in [3.63, 3.8) is 0 Å². The summed E-state index contributed by atoms with van der Waals surface area (Å²) >= 11 is 0. The fourth-order valence-electron chi connectivity index (χ4n) is 3.53. The zero-order chi connectivity index (χ0) is 13.9. The predicted molar refractivity (Wildman–Crippen MR) is 78.6 cm³/mol. The lowest BCUT2D eigenvalue weighted by molar-refractivity contribution is 0.165. The highest BCUT2D eigenvalue weighted by Gasteiger charge is 2.41. The van der Waals surface area contributed by atoms with Gasteiger partial charge in [0.1, 0.15) is 5.82 Å². The van der Waals surface area contributed by atoms with Crippen molar-refractivity contribution in [1.82, 2.24) is 0 Å². The van der Waals surface area contributed by atoms with Crippen LogP contribution in [0.15, 0.2) is 24.3 Å². The minimum Gasteiger partial charge on any atom is -0.376 e. The number of nitrogens with one attached hydrogen (secondary N) is 1. The first kappa shape index (κ1) is 14.3. The van der Waals surface area contributed by atoms with Crippen LogP contribution in [0.5, 0.6) is 0 Å². The Morgan fingerprint density at radius 2 is 2.11 bits per heavy atom. The second-order valence-corrected chi connectivity index (χ2v) is 6.06. The summed E-state index contributed by atoms with van der Waals surface area (Å²) < 4.78 is 13.9. The third kappa shape index (κ3) is 2.92. The molecule has 2 atom stereocenters. The van der Waals surface area contributed by atoms with Crippen LogP contribution < -0.4 is 11.1 Å². The molecule has 0 radical (unpaired) electrons. The molecule has 1 aromatic rings. The number of nitrogens with two attached hydrogens (primary N) is 1. The van der Waals surface area contributed by atoms with Crippen molar-refractivity contribution in [2.75, 3.05) is 11.9 Å². The first-order valence-electron chi connectivity index (χ1n) is 7.32. The van der Waals surface area contributed by atoms with Crippen molar-refractivity contribution in [2.24, 2.45) is 17.6 Å². The maximum atomic E-state index is 13.9. The van der Waals surface area contributed by atoms with Gasteiger partial charge in [-0.05, 0) is 36.8 Å². The molecule has 0 saturated heterocycles. The topological polar surface area (TPSA) is 38.0 Å². The summed E-state index contributed by atoms with van der Waals surface area (Å²) in [6.07, 6.45) is 4.63. The summed E-state index contributed by atoms with van der Waals surface area (Å²) in [7, 11) is 0. The average molecular weight is 264 g/mol. The zero-order valence-electron chi connectivity index (χ0n) is 12.0. The fraction of sp³-hybridized carbons (Fsp3) is 0.625. The standard InChI is InChI=1S/C16H25FN2/c1-12(2)13-7-5-6-10-16(13,11-18)19-15-9-4-3-8-14(15)17/h3-4,8-9,12-13,19H,5-7,10-11,18H2,1-2H3. The zero-order valence-corrected chi connectivity index (χ0v) is 12.0. The van der Waals surface area contributed by atoms with Gasteiger partial charge < -0.3 is 11.1 Å². The van der Waals surface area contributed by atoms with Crippen LogP contribution in [0.25, 0.3) is 0 Å². The maximum Gasteiger partial charge on any atom is 0.146 e. The van der Waals surface area contributed by atoms with Crippen LogP contribution in [-0.2, 0) is 0 Å². The van der Waals surface area contributed by atoms with Crippen molar-refractivity contribution in [3.8, 4) is 0 Å². The van der Waals surface area contributed by atoms with Gasteiger partial charge in [0.2, 0.25) is 0 Å². The lowest BCUT2D eigenvalue weighted by atomic mass is 9.67. The Balaban J connectivity index is 2.28. The van der Waals surface area contributed by atoms with Crippen LogP contribution in [0.1, 0.15) is 39.5 Å². The molecule has 1 aliphatic rings. The van der Waals surface area contributed by atoms with E-state index in [1.54, 1.807) is 12.1 Å². The average Bonchev–Trinajstić information content (AvgIpc) is 2.41. The van der Waals surface area contributed by atoms with Crippen molar-refractivity contribution in [2.45, 2.75) is 45.1 Å². The van der Waals surface area contributed by atoms with Gasteiger partial charge in [-0.25, -0.2) is 4.39 Å². The van der Waals surface area contributed by atoms with Crippen molar-refractivity contribution < 1.29 is 4.39 Å². The minimum absolute atomic E-state index is 0.158. The van der Waals surface area contributed by atoms with Crippen LogP contribution >= 0.6 is 0 Å². The number of para-hydroxylation sites is 1. The molecule has 19 heavy (non-hydrogen) atoms. The molecular weight excluding hydrogens is 239 g/mol. The van der Waals surface area contributed by atoms with Crippen LogP contribution in [-0.4, -0.2) is 12.1 Å². The molecule has 1 fully saturated rings. The molecule has 2 rings (SSSR count). The summed E-state index contributed by atoms with van der Waals surface area (Å²) in [5.41, 5.74) is 6.51. The van der Waals surface area contributed by atoms with E-state index in [-0.39, 0.29) is 11.4 Å². The van der Waals surface area contributed by atoms with Crippen molar-refractivity contribution >= 4 is 5.69 Å². The van der Waals surface area contributed by atoms with E-state index >= 15 is 0 Å². The lowest BCUT2D eigenvalue weighted by Gasteiger charge is -2.47. The predicted octanol–water partition coefficient (Wildman–Crippen LogP) is 3.78. The SMILES string of the molecule is CC(C)C1CCCCC1(CN)Nc1ccccc1F. The number of hydrogen-bond acceptors (Lipinski definition) is 2. The minimum atomic E-state index is -0.191. The fourth-order valence-corrected chi connectivity index (χ4v) is 3.53. The van der Waals surface area contributed by atoms with Gasteiger partial charge >= 0.3 is 0 Å². The van der Waals surface area contributed by atoms with Gasteiger partial charge in [0.25, 0.3) is 0 Å². The highest BCUT2D eigenvalue weighted by Crippen LogP contribution is 2.40. The van der Waals surface area contributed by atoms with E-state index in [0.29, 0.717) is 24.1 Å². The number of anilines is 1. The van der Waals surface area contributed by atoms with Gasteiger partial charge in [0.15, 0.2) is 0 Å². The van der Waals surface area contributed by atoms with Crippen molar-refractivity contribution in [3.05, 3.63) is 30.1 Å². The van der Waals surface area contributed by atoms with Gasteiger partial charge in [-0.15, -0.1) is 0 Å². The normalized spacial score (nSPS) is 27.5. The summed E-state index contributed by atoms with van der Waals surface area (Å²) in [6.45, 7) is 5.04. The second kappa shape index (κ2) is 5.91. The van der Waals surface area contributed by atoms with Gasteiger partial charge in [-0.1, -0.05) is 38.8 Å². The Hall–Kier alpha value is -1.09. The lowest BCUT2D eigenvalue weighted by Crippen LogP contribution is -2.55. The maximum absolute atomic E-state index is 13.9. The van der Waals surface area contributed by atoms with E-state index in [2.05, 4.69) is 19.2 Å². The number of rotatable bonds is 4. The van der Waals surface area contributed by atoms with E-state index in [0.717, 1.165) is 6.42 Å².